The van der Waals surface area contributed by atoms with Crippen LogP contribution in [-0.2, 0) is 16.6 Å². The monoisotopic (exact) mass is 399 g/mol. The molecule has 2 aromatic carbocycles. The minimum absolute atomic E-state index is 0.00264. The molecule has 8 heteroatoms. The van der Waals surface area contributed by atoms with Crippen LogP contribution in [0.2, 0.25) is 0 Å². The molecule has 0 bridgehead atoms. The molecule has 1 N–H and O–H groups in total. The topological polar surface area (TPSA) is 92.5 Å². The molecule has 0 atom stereocenters. The number of aryl methyl sites for hydroxylation is 1. The summed E-state index contributed by atoms with van der Waals surface area (Å²) in [5.41, 5.74) is 2.70. The summed E-state index contributed by atoms with van der Waals surface area (Å²) in [6, 6.07) is 12.2. The van der Waals surface area contributed by atoms with Crippen LogP contribution in [0.25, 0.3) is 5.69 Å². The Morgan fingerprint density at radius 3 is 2.50 bits per heavy atom. The van der Waals surface area contributed by atoms with Crippen molar-refractivity contribution in [1.29, 1.82) is 0 Å². The number of para-hydroxylation sites is 1. The Balaban J connectivity index is 1.89. The fourth-order valence-corrected chi connectivity index (χ4v) is 4.37. The number of hydrogen-bond donors (Lipinski definition) is 1. The minimum atomic E-state index is -3.87. The largest absolute Gasteiger partial charge is 0.478 e. The van der Waals surface area contributed by atoms with E-state index < -0.39 is 16.0 Å². The molecule has 1 aromatic heterocycles. The molecule has 0 unspecified atom stereocenters. The lowest BCUT2D eigenvalue weighted by atomic mass is 10.1. The minimum Gasteiger partial charge on any atom is -0.478 e. The molecule has 0 saturated heterocycles. The van der Waals surface area contributed by atoms with Gasteiger partial charge in [-0.25, -0.2) is 17.9 Å². The quantitative estimate of drug-likeness (QED) is 0.688. The molecule has 146 valence electrons. The van der Waals surface area contributed by atoms with Gasteiger partial charge in [-0.15, -0.1) is 0 Å². The molecule has 0 aliphatic rings. The Labute approximate surface area is 163 Å². The summed E-state index contributed by atoms with van der Waals surface area (Å²) >= 11 is 0. The molecule has 0 spiro atoms. The Kier molecular flexibility index (Phi) is 5.35. The third-order valence-corrected chi connectivity index (χ3v) is 6.55. The highest BCUT2D eigenvalue weighted by Crippen LogP contribution is 2.25. The summed E-state index contributed by atoms with van der Waals surface area (Å²) < 4.78 is 29.0. The van der Waals surface area contributed by atoms with E-state index in [0.29, 0.717) is 11.1 Å². The van der Waals surface area contributed by atoms with Gasteiger partial charge in [-0.05, 0) is 49.2 Å². The second kappa shape index (κ2) is 7.57. The molecule has 0 aliphatic heterocycles. The first-order chi connectivity index (χ1) is 13.2. The van der Waals surface area contributed by atoms with Gasteiger partial charge in [-0.3, -0.25) is 0 Å². The van der Waals surface area contributed by atoms with Crippen LogP contribution < -0.4 is 0 Å². The standard InChI is InChI=1S/C20H21N3O4S/c1-14-9-17(20(24)25)10-19(15(14)2)28(26,27)22(3)12-16-11-21-23(13-16)18-7-5-4-6-8-18/h4-11,13H,12H2,1-3H3,(H,24,25). The van der Waals surface area contributed by atoms with Gasteiger partial charge >= 0.3 is 5.97 Å². The predicted molar refractivity (Wildman–Crippen MR) is 105 cm³/mol. The Hall–Kier alpha value is -2.97. The molecule has 28 heavy (non-hydrogen) atoms. The number of aromatic carboxylic acids is 1. The molecule has 1 heterocycles. The smallest absolute Gasteiger partial charge is 0.335 e. The SMILES string of the molecule is Cc1cc(C(=O)O)cc(S(=O)(=O)N(C)Cc2cnn(-c3ccccc3)c2)c1C. The van der Waals surface area contributed by atoms with E-state index in [4.69, 9.17) is 0 Å². The summed E-state index contributed by atoms with van der Waals surface area (Å²) in [6.07, 6.45) is 3.39. The lowest BCUT2D eigenvalue weighted by Gasteiger charge is -2.19. The van der Waals surface area contributed by atoms with Crippen molar-refractivity contribution in [3.8, 4) is 5.69 Å². The lowest BCUT2D eigenvalue weighted by Crippen LogP contribution is -2.27. The summed E-state index contributed by atoms with van der Waals surface area (Å²) in [7, 11) is -2.40. The second-order valence-electron chi connectivity index (χ2n) is 6.61. The molecule has 3 aromatic rings. The van der Waals surface area contributed by atoms with Gasteiger partial charge in [0.15, 0.2) is 0 Å². The predicted octanol–water partition coefficient (Wildman–Crippen LogP) is 3.01. The fraction of sp³-hybridized carbons (Fsp3) is 0.200. The van der Waals surface area contributed by atoms with Crippen LogP contribution in [0.15, 0.2) is 59.8 Å². The zero-order valence-corrected chi connectivity index (χ0v) is 16.6. The first-order valence-electron chi connectivity index (χ1n) is 8.60. The zero-order chi connectivity index (χ0) is 20.5. The lowest BCUT2D eigenvalue weighted by molar-refractivity contribution is 0.0696. The first-order valence-corrected chi connectivity index (χ1v) is 10.0. The van der Waals surface area contributed by atoms with Gasteiger partial charge < -0.3 is 5.11 Å². The van der Waals surface area contributed by atoms with Crippen LogP contribution in [0.3, 0.4) is 0 Å². The molecule has 0 saturated carbocycles. The van der Waals surface area contributed by atoms with Crippen molar-refractivity contribution < 1.29 is 18.3 Å². The van der Waals surface area contributed by atoms with Gasteiger partial charge in [0.25, 0.3) is 0 Å². The van der Waals surface area contributed by atoms with Crippen LogP contribution in [0.4, 0.5) is 0 Å². The van der Waals surface area contributed by atoms with Crippen molar-refractivity contribution >= 4 is 16.0 Å². The van der Waals surface area contributed by atoms with Crippen molar-refractivity contribution in [1.82, 2.24) is 14.1 Å². The van der Waals surface area contributed by atoms with Gasteiger partial charge in [0, 0.05) is 25.4 Å². The molecule has 0 radical (unpaired) electrons. The van der Waals surface area contributed by atoms with Crippen molar-refractivity contribution in [3.63, 3.8) is 0 Å². The number of benzene rings is 2. The molecule has 7 nitrogen and oxygen atoms in total. The summed E-state index contributed by atoms with van der Waals surface area (Å²) in [4.78, 5) is 11.3. The Morgan fingerprint density at radius 2 is 1.86 bits per heavy atom. The number of carboxylic acid groups (broad SMARTS) is 1. The van der Waals surface area contributed by atoms with Crippen LogP contribution in [0.1, 0.15) is 27.0 Å². The van der Waals surface area contributed by atoms with Gasteiger partial charge in [-0.1, -0.05) is 18.2 Å². The average molecular weight is 399 g/mol. The Bertz CT molecular complexity index is 1120. The van der Waals surface area contributed by atoms with E-state index >= 15 is 0 Å². The molecule has 0 aliphatic carbocycles. The van der Waals surface area contributed by atoms with E-state index in [-0.39, 0.29) is 17.0 Å². The van der Waals surface area contributed by atoms with Crippen molar-refractivity contribution in [2.45, 2.75) is 25.3 Å². The Morgan fingerprint density at radius 1 is 1.18 bits per heavy atom. The molecular formula is C20H21N3O4S. The van der Waals surface area contributed by atoms with Gasteiger partial charge in [0.05, 0.1) is 22.3 Å². The van der Waals surface area contributed by atoms with E-state index in [1.165, 1.54) is 23.5 Å². The second-order valence-corrected chi connectivity index (χ2v) is 8.62. The third kappa shape index (κ3) is 3.83. The maximum atomic E-state index is 13.1. The normalized spacial score (nSPS) is 11.7. The third-order valence-electron chi connectivity index (χ3n) is 4.62. The van der Waals surface area contributed by atoms with E-state index in [0.717, 1.165) is 11.3 Å². The van der Waals surface area contributed by atoms with E-state index in [1.807, 2.05) is 30.3 Å². The number of carbonyl (C=O) groups is 1. The maximum Gasteiger partial charge on any atom is 0.335 e. The van der Waals surface area contributed by atoms with E-state index in [9.17, 15) is 18.3 Å². The van der Waals surface area contributed by atoms with Gasteiger partial charge in [-0.2, -0.15) is 9.40 Å². The van der Waals surface area contributed by atoms with Crippen LogP contribution >= 0.6 is 0 Å². The van der Waals surface area contributed by atoms with Crippen LogP contribution in [0.5, 0.6) is 0 Å². The summed E-state index contributed by atoms with van der Waals surface area (Å²) in [5.74, 6) is -1.16. The highest BCUT2D eigenvalue weighted by Gasteiger charge is 2.25. The number of hydrogen-bond acceptors (Lipinski definition) is 4. The van der Waals surface area contributed by atoms with Crippen molar-refractivity contribution in [3.05, 3.63) is 77.1 Å². The number of sulfonamides is 1. The van der Waals surface area contributed by atoms with Crippen LogP contribution in [-0.4, -0.2) is 40.6 Å². The molecule has 3 rings (SSSR count). The number of aromatic nitrogens is 2. The average Bonchev–Trinajstić information content (AvgIpc) is 3.12. The fourth-order valence-electron chi connectivity index (χ4n) is 2.89. The van der Waals surface area contributed by atoms with Crippen LogP contribution in [0, 0.1) is 13.8 Å². The number of carboxylic acids is 1. The first kappa shape index (κ1) is 19.8. The van der Waals surface area contributed by atoms with Gasteiger partial charge in [0.1, 0.15) is 0 Å². The van der Waals surface area contributed by atoms with Crippen molar-refractivity contribution in [2.24, 2.45) is 0 Å². The maximum absolute atomic E-state index is 13.1. The van der Waals surface area contributed by atoms with Crippen molar-refractivity contribution in [2.75, 3.05) is 7.05 Å². The molecule has 0 amide bonds. The molecule has 0 fully saturated rings. The number of rotatable bonds is 6. The number of nitrogens with zero attached hydrogens (tertiary/aromatic N) is 3. The summed E-state index contributed by atoms with van der Waals surface area (Å²) in [6.45, 7) is 3.49. The highest BCUT2D eigenvalue weighted by molar-refractivity contribution is 7.89. The highest BCUT2D eigenvalue weighted by atomic mass is 32.2. The molecular weight excluding hydrogens is 378 g/mol. The van der Waals surface area contributed by atoms with E-state index in [2.05, 4.69) is 5.10 Å². The van der Waals surface area contributed by atoms with E-state index in [1.54, 1.807) is 30.9 Å². The zero-order valence-electron chi connectivity index (χ0n) is 15.8. The summed E-state index contributed by atoms with van der Waals surface area (Å²) in [5, 5.41) is 13.5. The van der Waals surface area contributed by atoms with Gasteiger partial charge in [0.2, 0.25) is 10.0 Å².